The topological polar surface area (TPSA) is 26.3 Å². The van der Waals surface area contributed by atoms with Crippen LogP contribution in [0.5, 0.6) is 0 Å². The second-order valence-corrected chi connectivity index (χ2v) is 6.86. The number of carbonyl (C=O) groups is 1. The number of hydrogen-bond donors (Lipinski definition) is 0. The van der Waals surface area contributed by atoms with E-state index in [4.69, 9.17) is 4.74 Å². The zero-order valence-corrected chi connectivity index (χ0v) is 13.0. The van der Waals surface area contributed by atoms with Crippen molar-refractivity contribution in [3.05, 3.63) is 47.7 Å². The molecule has 1 aromatic carbocycles. The minimum absolute atomic E-state index is 0.0423. The van der Waals surface area contributed by atoms with Crippen molar-refractivity contribution < 1.29 is 9.53 Å². The Bertz CT molecular complexity index is 544. The highest BCUT2D eigenvalue weighted by atomic mass is 16.5. The zero-order chi connectivity index (χ0) is 14.9. The molecule has 0 radical (unpaired) electrons. The van der Waals surface area contributed by atoms with Gasteiger partial charge in [-0.15, -0.1) is 0 Å². The number of carbonyl (C=O) groups excluding carboxylic acids is 1. The number of fused-ring (bicyclic) bond motifs is 1. The summed E-state index contributed by atoms with van der Waals surface area (Å²) in [6.07, 6.45) is 6.83. The van der Waals surface area contributed by atoms with Crippen molar-refractivity contribution in [1.82, 2.24) is 0 Å². The molecule has 3 rings (SSSR count). The predicted octanol–water partition coefficient (Wildman–Crippen LogP) is 4.30. The van der Waals surface area contributed by atoms with E-state index in [9.17, 15) is 4.79 Å². The van der Waals surface area contributed by atoms with Crippen LogP contribution in [0.15, 0.2) is 42.2 Å². The molecule has 2 heteroatoms. The highest BCUT2D eigenvalue weighted by molar-refractivity contribution is 5.91. The summed E-state index contributed by atoms with van der Waals surface area (Å²) in [6.45, 7) is 4.39. The molecule has 2 aliphatic rings. The molecule has 0 N–H and O–H groups in total. The largest absolute Gasteiger partial charge is 0.494 e. The van der Waals surface area contributed by atoms with Crippen molar-refractivity contribution >= 4 is 5.78 Å². The van der Waals surface area contributed by atoms with Crippen LogP contribution < -0.4 is 0 Å². The van der Waals surface area contributed by atoms with Gasteiger partial charge in [0.15, 0.2) is 5.78 Å². The van der Waals surface area contributed by atoms with Gasteiger partial charge in [0.2, 0.25) is 0 Å². The Morgan fingerprint density at radius 3 is 2.71 bits per heavy atom. The van der Waals surface area contributed by atoms with Gasteiger partial charge >= 0.3 is 0 Å². The van der Waals surface area contributed by atoms with E-state index in [2.05, 4.69) is 44.2 Å². The number of ketones is 1. The lowest BCUT2D eigenvalue weighted by molar-refractivity contribution is -0.118. The Morgan fingerprint density at radius 1 is 1.24 bits per heavy atom. The SMILES string of the molecule is CC(C)[C@@H]1CC[C@@]2(Cc3ccccc3)CCC(=O)C=C2O1. The lowest BCUT2D eigenvalue weighted by atomic mass is 9.67. The van der Waals surface area contributed by atoms with Gasteiger partial charge in [-0.3, -0.25) is 4.79 Å². The Balaban J connectivity index is 1.88. The van der Waals surface area contributed by atoms with Gasteiger partial charge in [-0.1, -0.05) is 44.2 Å². The lowest BCUT2D eigenvalue weighted by Gasteiger charge is -2.45. The summed E-state index contributed by atoms with van der Waals surface area (Å²) in [7, 11) is 0. The van der Waals surface area contributed by atoms with Crippen LogP contribution in [-0.2, 0) is 16.0 Å². The summed E-state index contributed by atoms with van der Waals surface area (Å²) in [4.78, 5) is 11.8. The normalized spacial score (nSPS) is 28.8. The van der Waals surface area contributed by atoms with Crippen LogP contribution in [0.1, 0.15) is 45.1 Å². The fourth-order valence-electron chi connectivity index (χ4n) is 3.62. The molecule has 1 aliphatic carbocycles. The van der Waals surface area contributed by atoms with E-state index in [0.717, 1.165) is 31.4 Å². The van der Waals surface area contributed by atoms with Gasteiger partial charge < -0.3 is 4.74 Å². The minimum atomic E-state index is 0.0423. The van der Waals surface area contributed by atoms with E-state index in [-0.39, 0.29) is 17.3 Å². The highest BCUT2D eigenvalue weighted by Crippen LogP contribution is 2.49. The van der Waals surface area contributed by atoms with Crippen molar-refractivity contribution in [2.24, 2.45) is 11.3 Å². The molecule has 0 unspecified atom stereocenters. The Morgan fingerprint density at radius 2 is 2.00 bits per heavy atom. The first-order valence-corrected chi connectivity index (χ1v) is 8.05. The first-order chi connectivity index (χ1) is 10.1. The summed E-state index contributed by atoms with van der Waals surface area (Å²) in [5, 5.41) is 0. The van der Waals surface area contributed by atoms with Crippen LogP contribution in [0.2, 0.25) is 0 Å². The van der Waals surface area contributed by atoms with Crippen molar-refractivity contribution in [3.63, 3.8) is 0 Å². The molecule has 1 aromatic rings. The summed E-state index contributed by atoms with van der Waals surface area (Å²) < 4.78 is 6.24. The third-order valence-electron chi connectivity index (χ3n) is 4.98. The third-order valence-corrected chi connectivity index (χ3v) is 4.98. The van der Waals surface area contributed by atoms with Crippen molar-refractivity contribution in [3.8, 4) is 0 Å². The number of ether oxygens (including phenoxy) is 1. The molecule has 0 saturated carbocycles. The van der Waals surface area contributed by atoms with Crippen molar-refractivity contribution in [2.75, 3.05) is 0 Å². The molecular weight excluding hydrogens is 260 g/mol. The molecule has 1 aliphatic heterocycles. The fraction of sp³-hybridized carbons (Fsp3) is 0.526. The predicted molar refractivity (Wildman–Crippen MR) is 83.8 cm³/mol. The molecule has 0 spiro atoms. The number of allylic oxidation sites excluding steroid dienone is 2. The quantitative estimate of drug-likeness (QED) is 0.827. The molecule has 1 saturated heterocycles. The van der Waals surface area contributed by atoms with Crippen LogP contribution in [0.3, 0.4) is 0 Å². The van der Waals surface area contributed by atoms with Crippen LogP contribution in [0.25, 0.3) is 0 Å². The maximum absolute atomic E-state index is 11.8. The number of rotatable bonds is 3. The van der Waals surface area contributed by atoms with Gasteiger partial charge in [0.25, 0.3) is 0 Å². The molecule has 0 aromatic heterocycles. The van der Waals surface area contributed by atoms with E-state index in [1.807, 2.05) is 0 Å². The van der Waals surface area contributed by atoms with Gasteiger partial charge in [0.05, 0.1) is 0 Å². The summed E-state index contributed by atoms with van der Waals surface area (Å²) in [5.41, 5.74) is 1.38. The molecule has 2 atom stereocenters. The number of hydrogen-bond acceptors (Lipinski definition) is 2. The molecule has 112 valence electrons. The van der Waals surface area contributed by atoms with E-state index < -0.39 is 0 Å². The Kier molecular flexibility index (Phi) is 3.88. The zero-order valence-electron chi connectivity index (χ0n) is 13.0. The maximum atomic E-state index is 11.8. The van der Waals surface area contributed by atoms with Crippen LogP contribution in [0, 0.1) is 11.3 Å². The molecule has 1 fully saturated rings. The fourth-order valence-corrected chi connectivity index (χ4v) is 3.62. The van der Waals surface area contributed by atoms with Crippen molar-refractivity contribution in [2.45, 2.75) is 52.1 Å². The standard InChI is InChI=1S/C19H24O2/c1-14(2)17-9-11-19(13-15-6-4-3-5-7-15)10-8-16(20)12-18(19)21-17/h3-7,12,14,17H,8-11,13H2,1-2H3/t17-,19+/m0/s1. The average Bonchev–Trinajstić information content (AvgIpc) is 2.48. The average molecular weight is 284 g/mol. The first kappa shape index (κ1) is 14.4. The first-order valence-electron chi connectivity index (χ1n) is 8.05. The highest BCUT2D eigenvalue weighted by Gasteiger charge is 2.44. The van der Waals surface area contributed by atoms with E-state index >= 15 is 0 Å². The molecule has 0 bridgehead atoms. The lowest BCUT2D eigenvalue weighted by Crippen LogP contribution is -2.40. The van der Waals surface area contributed by atoms with E-state index in [1.54, 1.807) is 6.08 Å². The summed E-state index contributed by atoms with van der Waals surface area (Å²) in [6, 6.07) is 10.6. The Labute approximate surface area is 127 Å². The van der Waals surface area contributed by atoms with Crippen LogP contribution in [-0.4, -0.2) is 11.9 Å². The molecular formula is C19H24O2. The Hall–Kier alpha value is -1.57. The van der Waals surface area contributed by atoms with Crippen LogP contribution >= 0.6 is 0 Å². The molecule has 21 heavy (non-hydrogen) atoms. The monoisotopic (exact) mass is 284 g/mol. The van der Waals surface area contributed by atoms with E-state index in [0.29, 0.717) is 12.3 Å². The van der Waals surface area contributed by atoms with Crippen LogP contribution in [0.4, 0.5) is 0 Å². The molecule has 0 amide bonds. The maximum Gasteiger partial charge on any atom is 0.159 e. The van der Waals surface area contributed by atoms with E-state index in [1.165, 1.54) is 5.56 Å². The van der Waals surface area contributed by atoms with Gasteiger partial charge in [0, 0.05) is 17.9 Å². The van der Waals surface area contributed by atoms with Gasteiger partial charge in [-0.2, -0.15) is 0 Å². The summed E-state index contributed by atoms with van der Waals surface area (Å²) >= 11 is 0. The smallest absolute Gasteiger partial charge is 0.159 e. The number of benzene rings is 1. The molecule has 2 nitrogen and oxygen atoms in total. The minimum Gasteiger partial charge on any atom is -0.494 e. The van der Waals surface area contributed by atoms with Gasteiger partial charge in [-0.05, 0) is 37.2 Å². The third kappa shape index (κ3) is 2.90. The van der Waals surface area contributed by atoms with Gasteiger partial charge in [0.1, 0.15) is 11.9 Å². The summed E-state index contributed by atoms with van der Waals surface area (Å²) in [5.74, 6) is 1.67. The second kappa shape index (κ2) is 5.67. The molecule has 1 heterocycles. The second-order valence-electron chi connectivity index (χ2n) is 6.86. The van der Waals surface area contributed by atoms with Gasteiger partial charge in [-0.25, -0.2) is 0 Å². The van der Waals surface area contributed by atoms with Crippen molar-refractivity contribution in [1.29, 1.82) is 0 Å².